The second kappa shape index (κ2) is 4.88. The fourth-order valence-electron chi connectivity index (χ4n) is 2.42. The van der Waals surface area contributed by atoms with Gasteiger partial charge < -0.3 is 14.6 Å². The number of hydrogen-bond donors (Lipinski definition) is 1. The Hall–Kier alpha value is -1.10. The Bertz CT molecular complexity index is 561. The number of fused-ring (bicyclic) bond motifs is 1. The molecular weight excluding hydrogens is 250 g/mol. The molecule has 4 nitrogen and oxygen atoms in total. The third kappa shape index (κ3) is 2.00. The van der Waals surface area contributed by atoms with Crippen LogP contribution in [0, 0.1) is 0 Å². The number of aromatic nitrogens is 2. The maximum absolute atomic E-state index is 6.06. The van der Waals surface area contributed by atoms with Gasteiger partial charge in [-0.2, -0.15) is 0 Å². The summed E-state index contributed by atoms with van der Waals surface area (Å²) in [6, 6.07) is 5.80. The van der Waals surface area contributed by atoms with Gasteiger partial charge >= 0.3 is 0 Å². The van der Waals surface area contributed by atoms with Gasteiger partial charge in [0.15, 0.2) is 0 Å². The summed E-state index contributed by atoms with van der Waals surface area (Å²) < 4.78 is 7.97. The molecule has 1 saturated heterocycles. The molecule has 2 aromatic rings. The molecule has 1 fully saturated rings. The summed E-state index contributed by atoms with van der Waals surface area (Å²) in [5.74, 6) is 0.988. The number of morpholine rings is 1. The van der Waals surface area contributed by atoms with E-state index in [0.717, 1.165) is 48.1 Å². The first-order chi connectivity index (χ1) is 8.79. The zero-order valence-corrected chi connectivity index (χ0v) is 11.1. The van der Waals surface area contributed by atoms with E-state index in [1.54, 1.807) is 0 Å². The molecule has 0 aliphatic carbocycles. The van der Waals surface area contributed by atoms with Crippen LogP contribution < -0.4 is 5.32 Å². The van der Waals surface area contributed by atoms with Crippen molar-refractivity contribution in [3.63, 3.8) is 0 Å². The van der Waals surface area contributed by atoms with Crippen LogP contribution in [-0.4, -0.2) is 29.2 Å². The Morgan fingerprint density at radius 2 is 2.44 bits per heavy atom. The molecule has 1 aliphatic rings. The highest BCUT2D eigenvalue weighted by Crippen LogP contribution is 2.26. The van der Waals surface area contributed by atoms with E-state index in [9.17, 15) is 0 Å². The minimum atomic E-state index is 0.0323. The van der Waals surface area contributed by atoms with Gasteiger partial charge in [-0.25, -0.2) is 4.98 Å². The van der Waals surface area contributed by atoms with E-state index in [1.807, 2.05) is 18.2 Å². The van der Waals surface area contributed by atoms with Gasteiger partial charge in [0, 0.05) is 24.7 Å². The first kappa shape index (κ1) is 12.0. The van der Waals surface area contributed by atoms with Crippen molar-refractivity contribution in [3.8, 4) is 0 Å². The van der Waals surface area contributed by atoms with E-state index in [0.29, 0.717) is 0 Å². The van der Waals surface area contributed by atoms with Crippen molar-refractivity contribution in [1.82, 2.24) is 14.9 Å². The third-order valence-corrected chi connectivity index (χ3v) is 3.51. The average molecular weight is 266 g/mol. The maximum Gasteiger partial charge on any atom is 0.140 e. The van der Waals surface area contributed by atoms with Crippen molar-refractivity contribution in [3.05, 3.63) is 29.0 Å². The number of imidazole rings is 1. The highest BCUT2D eigenvalue weighted by Gasteiger charge is 2.22. The standard InChI is InChI=1S/C13H16ClN3O/c1-2-17-11-7-9(14)3-4-10(11)16-13(17)12-8-15-5-6-18-12/h3-4,7,12,15H,2,5-6,8H2,1H3. The molecule has 1 atom stereocenters. The van der Waals surface area contributed by atoms with E-state index in [4.69, 9.17) is 16.3 Å². The summed E-state index contributed by atoms with van der Waals surface area (Å²) in [4.78, 5) is 4.69. The molecule has 1 N–H and O–H groups in total. The van der Waals surface area contributed by atoms with Crippen LogP contribution in [0.4, 0.5) is 0 Å². The summed E-state index contributed by atoms with van der Waals surface area (Å²) in [6.45, 7) is 5.44. The van der Waals surface area contributed by atoms with Crippen LogP contribution in [-0.2, 0) is 11.3 Å². The fraction of sp³-hybridized carbons (Fsp3) is 0.462. The predicted octanol–water partition coefficient (Wildman–Crippen LogP) is 2.37. The number of aryl methyl sites for hydroxylation is 1. The molecule has 0 amide bonds. The summed E-state index contributed by atoms with van der Waals surface area (Å²) >= 11 is 6.06. The minimum Gasteiger partial charge on any atom is -0.368 e. The Kier molecular flexibility index (Phi) is 3.24. The molecule has 1 aliphatic heterocycles. The summed E-state index contributed by atoms with van der Waals surface area (Å²) in [6.07, 6.45) is 0.0323. The van der Waals surface area contributed by atoms with Crippen LogP contribution in [0.1, 0.15) is 18.9 Å². The first-order valence-corrected chi connectivity index (χ1v) is 6.65. The zero-order chi connectivity index (χ0) is 12.5. The molecule has 0 bridgehead atoms. The number of rotatable bonds is 2. The van der Waals surface area contributed by atoms with Crippen molar-refractivity contribution in [1.29, 1.82) is 0 Å². The Balaban J connectivity index is 2.10. The zero-order valence-electron chi connectivity index (χ0n) is 10.3. The van der Waals surface area contributed by atoms with Gasteiger partial charge in [-0.15, -0.1) is 0 Å². The van der Waals surface area contributed by atoms with Gasteiger partial charge in [0.1, 0.15) is 11.9 Å². The van der Waals surface area contributed by atoms with Crippen molar-refractivity contribution >= 4 is 22.6 Å². The Labute approximate surface area is 111 Å². The Morgan fingerprint density at radius 3 is 3.17 bits per heavy atom. The Morgan fingerprint density at radius 1 is 1.56 bits per heavy atom. The number of hydrogen-bond acceptors (Lipinski definition) is 3. The van der Waals surface area contributed by atoms with E-state index >= 15 is 0 Å². The quantitative estimate of drug-likeness (QED) is 0.906. The molecule has 3 rings (SSSR count). The third-order valence-electron chi connectivity index (χ3n) is 3.27. The number of ether oxygens (including phenoxy) is 1. The van der Waals surface area contributed by atoms with E-state index in [-0.39, 0.29) is 6.10 Å². The van der Waals surface area contributed by atoms with Crippen LogP contribution >= 0.6 is 11.6 Å². The van der Waals surface area contributed by atoms with Crippen molar-refractivity contribution in [2.75, 3.05) is 19.7 Å². The molecular formula is C13H16ClN3O. The molecule has 1 aromatic carbocycles. The number of nitrogens with one attached hydrogen (secondary N) is 1. The molecule has 1 aromatic heterocycles. The van der Waals surface area contributed by atoms with Gasteiger partial charge in [0.2, 0.25) is 0 Å². The maximum atomic E-state index is 6.06. The van der Waals surface area contributed by atoms with Crippen molar-refractivity contribution < 1.29 is 4.74 Å². The van der Waals surface area contributed by atoms with Crippen molar-refractivity contribution in [2.24, 2.45) is 0 Å². The summed E-state index contributed by atoms with van der Waals surface area (Å²) in [5.41, 5.74) is 2.06. The molecule has 2 heterocycles. The highest BCUT2D eigenvalue weighted by atomic mass is 35.5. The lowest BCUT2D eigenvalue weighted by Gasteiger charge is -2.23. The second-order valence-electron chi connectivity index (χ2n) is 4.41. The molecule has 96 valence electrons. The smallest absolute Gasteiger partial charge is 0.140 e. The minimum absolute atomic E-state index is 0.0323. The second-order valence-corrected chi connectivity index (χ2v) is 4.85. The summed E-state index contributed by atoms with van der Waals surface area (Å²) in [5, 5.41) is 4.08. The number of nitrogens with zero attached hydrogens (tertiary/aromatic N) is 2. The van der Waals surface area contributed by atoms with Crippen LogP contribution in [0.25, 0.3) is 11.0 Å². The van der Waals surface area contributed by atoms with Gasteiger partial charge in [-0.05, 0) is 25.1 Å². The number of halogens is 1. The lowest BCUT2D eigenvalue weighted by molar-refractivity contribution is 0.0204. The molecule has 0 spiro atoms. The molecule has 0 saturated carbocycles. The average Bonchev–Trinajstić information content (AvgIpc) is 2.77. The largest absolute Gasteiger partial charge is 0.368 e. The SMILES string of the molecule is CCn1c(C2CNCCO2)nc2ccc(Cl)cc21. The molecule has 0 radical (unpaired) electrons. The van der Waals surface area contributed by atoms with Gasteiger partial charge in [0.05, 0.1) is 17.6 Å². The van der Waals surface area contributed by atoms with E-state index < -0.39 is 0 Å². The van der Waals surface area contributed by atoms with E-state index in [1.165, 1.54) is 0 Å². The predicted molar refractivity (Wildman–Crippen MR) is 72.0 cm³/mol. The lowest BCUT2D eigenvalue weighted by atomic mass is 10.3. The molecule has 18 heavy (non-hydrogen) atoms. The van der Waals surface area contributed by atoms with Gasteiger partial charge in [-0.3, -0.25) is 0 Å². The fourth-order valence-corrected chi connectivity index (χ4v) is 2.59. The normalized spacial score (nSPS) is 20.4. The highest BCUT2D eigenvalue weighted by molar-refractivity contribution is 6.31. The molecule has 1 unspecified atom stereocenters. The van der Waals surface area contributed by atoms with Gasteiger partial charge in [-0.1, -0.05) is 11.6 Å². The van der Waals surface area contributed by atoms with Gasteiger partial charge in [0.25, 0.3) is 0 Å². The van der Waals surface area contributed by atoms with Crippen molar-refractivity contribution in [2.45, 2.75) is 19.6 Å². The first-order valence-electron chi connectivity index (χ1n) is 6.27. The number of benzene rings is 1. The van der Waals surface area contributed by atoms with Crippen LogP contribution in [0.15, 0.2) is 18.2 Å². The topological polar surface area (TPSA) is 39.1 Å². The van der Waals surface area contributed by atoms with Crippen LogP contribution in [0.2, 0.25) is 5.02 Å². The monoisotopic (exact) mass is 265 g/mol. The summed E-state index contributed by atoms with van der Waals surface area (Å²) in [7, 11) is 0. The van der Waals surface area contributed by atoms with Crippen LogP contribution in [0.5, 0.6) is 0 Å². The molecule has 5 heteroatoms. The van der Waals surface area contributed by atoms with Crippen LogP contribution in [0.3, 0.4) is 0 Å². The van der Waals surface area contributed by atoms with E-state index in [2.05, 4.69) is 21.8 Å². The lowest BCUT2D eigenvalue weighted by Crippen LogP contribution is -2.34.